The highest BCUT2D eigenvalue weighted by Gasteiger charge is 2.21. The zero-order chi connectivity index (χ0) is 30.5. The predicted molar refractivity (Wildman–Crippen MR) is 196 cm³/mol. The highest BCUT2D eigenvalue weighted by molar-refractivity contribution is 6.29. The van der Waals surface area contributed by atoms with Gasteiger partial charge in [0.1, 0.15) is 0 Å². The largest absolute Gasteiger partial charge is 0.256 e. The summed E-state index contributed by atoms with van der Waals surface area (Å²) in [6, 6.07) is 61.2. The lowest BCUT2D eigenvalue weighted by atomic mass is 9.82. The minimum atomic E-state index is 1.00. The molecular formula is C45H29N. The van der Waals surface area contributed by atoms with Gasteiger partial charge in [-0.2, -0.15) is 0 Å². The molecule has 0 aliphatic heterocycles. The van der Waals surface area contributed by atoms with Crippen LogP contribution in [0.5, 0.6) is 0 Å². The molecule has 0 N–H and O–H groups in total. The van der Waals surface area contributed by atoms with Gasteiger partial charge >= 0.3 is 0 Å². The van der Waals surface area contributed by atoms with E-state index in [2.05, 4.69) is 176 Å². The van der Waals surface area contributed by atoms with E-state index in [0.717, 1.165) is 10.9 Å². The third-order valence-corrected chi connectivity index (χ3v) is 9.32. The summed E-state index contributed by atoms with van der Waals surface area (Å²) in [5, 5.41) is 8.53. The highest BCUT2D eigenvalue weighted by atomic mass is 14.7. The van der Waals surface area contributed by atoms with Crippen LogP contribution >= 0.6 is 0 Å². The minimum absolute atomic E-state index is 1.00. The fourth-order valence-electron chi connectivity index (χ4n) is 7.24. The topological polar surface area (TPSA) is 12.9 Å². The molecule has 1 aromatic heterocycles. The van der Waals surface area contributed by atoms with Crippen molar-refractivity contribution in [2.75, 3.05) is 0 Å². The minimum Gasteiger partial charge on any atom is -0.256 e. The maximum atomic E-state index is 5.05. The first-order chi connectivity index (χ1) is 22.8. The van der Waals surface area contributed by atoms with Gasteiger partial charge in [-0.15, -0.1) is 0 Å². The molecular weight excluding hydrogens is 555 g/mol. The van der Waals surface area contributed by atoms with Crippen molar-refractivity contribution in [2.24, 2.45) is 0 Å². The zero-order valence-electron chi connectivity index (χ0n) is 25.2. The van der Waals surface area contributed by atoms with Crippen LogP contribution in [-0.2, 0) is 0 Å². The lowest BCUT2D eigenvalue weighted by Crippen LogP contribution is -1.95. The molecule has 1 heterocycles. The number of aromatic nitrogens is 1. The molecule has 46 heavy (non-hydrogen) atoms. The first-order valence-corrected chi connectivity index (χ1v) is 15.8. The van der Waals surface area contributed by atoms with Crippen molar-refractivity contribution in [2.45, 2.75) is 0 Å². The molecule has 0 saturated heterocycles. The van der Waals surface area contributed by atoms with Gasteiger partial charge in [0, 0.05) is 22.4 Å². The molecule has 9 rings (SSSR count). The summed E-state index contributed by atoms with van der Waals surface area (Å²) in [6.45, 7) is 0. The Morgan fingerprint density at radius 1 is 0.304 bits per heavy atom. The van der Waals surface area contributed by atoms with Crippen LogP contribution in [0.3, 0.4) is 0 Å². The summed E-state index contributed by atoms with van der Waals surface area (Å²) in [7, 11) is 0. The number of hydrogen-bond donors (Lipinski definition) is 0. The Kier molecular flexibility index (Phi) is 6.21. The molecule has 0 spiro atoms. The second-order valence-corrected chi connectivity index (χ2v) is 11.9. The summed E-state index contributed by atoms with van der Waals surface area (Å²) in [5.41, 5.74) is 10.8. The third kappa shape index (κ3) is 4.21. The van der Waals surface area contributed by atoms with E-state index in [9.17, 15) is 0 Å². The second kappa shape index (κ2) is 10.8. The van der Waals surface area contributed by atoms with Gasteiger partial charge < -0.3 is 0 Å². The molecule has 1 nitrogen and oxygen atoms in total. The SMILES string of the molecule is c1ccc(-c2ccc(-c3ccccc3-c3c4ccccc4c(-c4cccc5ccccc45)c4c3cnc3ccccc34)cc2)cc1. The van der Waals surface area contributed by atoms with Crippen LogP contribution in [0.25, 0.3) is 87.7 Å². The van der Waals surface area contributed by atoms with Crippen LogP contribution in [0.4, 0.5) is 0 Å². The Hall–Kier alpha value is -6.05. The van der Waals surface area contributed by atoms with Gasteiger partial charge in [0.25, 0.3) is 0 Å². The second-order valence-electron chi connectivity index (χ2n) is 11.9. The molecule has 0 aliphatic rings. The molecule has 9 aromatic rings. The van der Waals surface area contributed by atoms with Crippen LogP contribution in [-0.4, -0.2) is 4.98 Å². The maximum Gasteiger partial charge on any atom is 0.0708 e. The summed E-state index contributed by atoms with van der Waals surface area (Å²) < 4.78 is 0. The lowest BCUT2D eigenvalue weighted by Gasteiger charge is -2.21. The van der Waals surface area contributed by atoms with Crippen LogP contribution in [0.15, 0.2) is 176 Å². The molecule has 0 amide bonds. The van der Waals surface area contributed by atoms with Gasteiger partial charge in [-0.25, -0.2) is 0 Å². The van der Waals surface area contributed by atoms with E-state index in [0.29, 0.717) is 0 Å². The van der Waals surface area contributed by atoms with E-state index in [1.165, 1.54) is 76.8 Å². The number of pyridine rings is 1. The molecule has 0 aliphatic carbocycles. The molecule has 0 saturated carbocycles. The number of nitrogens with zero attached hydrogens (tertiary/aromatic N) is 1. The fourth-order valence-corrected chi connectivity index (χ4v) is 7.24. The normalized spacial score (nSPS) is 11.5. The third-order valence-electron chi connectivity index (χ3n) is 9.32. The molecule has 214 valence electrons. The van der Waals surface area contributed by atoms with E-state index in [1.807, 2.05) is 0 Å². The monoisotopic (exact) mass is 583 g/mol. The number of hydrogen-bond acceptors (Lipinski definition) is 1. The molecule has 1 heteroatoms. The Morgan fingerprint density at radius 3 is 1.65 bits per heavy atom. The summed E-state index contributed by atoms with van der Waals surface area (Å²) >= 11 is 0. The smallest absolute Gasteiger partial charge is 0.0708 e. The van der Waals surface area contributed by atoms with Crippen molar-refractivity contribution in [3.05, 3.63) is 176 Å². The predicted octanol–water partition coefficient (Wildman–Crippen LogP) is 12.4. The first kappa shape index (κ1) is 26.4. The molecule has 0 radical (unpaired) electrons. The summed E-state index contributed by atoms with van der Waals surface area (Å²) in [4.78, 5) is 5.05. The number of benzene rings is 8. The van der Waals surface area contributed by atoms with E-state index < -0.39 is 0 Å². The summed E-state index contributed by atoms with van der Waals surface area (Å²) in [5.74, 6) is 0. The van der Waals surface area contributed by atoms with Crippen molar-refractivity contribution >= 4 is 43.2 Å². The zero-order valence-corrected chi connectivity index (χ0v) is 25.2. The van der Waals surface area contributed by atoms with Gasteiger partial charge in [-0.1, -0.05) is 164 Å². The van der Waals surface area contributed by atoms with Crippen molar-refractivity contribution < 1.29 is 0 Å². The van der Waals surface area contributed by atoms with E-state index in [-0.39, 0.29) is 0 Å². The Bertz CT molecular complexity index is 2560. The number of fused-ring (bicyclic) bond motifs is 5. The molecule has 0 fully saturated rings. The first-order valence-electron chi connectivity index (χ1n) is 15.8. The Morgan fingerprint density at radius 2 is 0.848 bits per heavy atom. The van der Waals surface area contributed by atoms with Crippen LogP contribution in [0.1, 0.15) is 0 Å². The van der Waals surface area contributed by atoms with Gasteiger partial charge in [0.15, 0.2) is 0 Å². The summed E-state index contributed by atoms with van der Waals surface area (Å²) in [6.07, 6.45) is 2.10. The highest BCUT2D eigenvalue weighted by Crippen LogP contribution is 2.48. The van der Waals surface area contributed by atoms with E-state index >= 15 is 0 Å². The van der Waals surface area contributed by atoms with E-state index in [1.54, 1.807) is 0 Å². The molecule has 0 unspecified atom stereocenters. The molecule has 0 atom stereocenters. The van der Waals surface area contributed by atoms with Crippen LogP contribution in [0.2, 0.25) is 0 Å². The molecule has 8 aromatic carbocycles. The van der Waals surface area contributed by atoms with E-state index in [4.69, 9.17) is 4.98 Å². The van der Waals surface area contributed by atoms with Gasteiger partial charge in [0.2, 0.25) is 0 Å². The van der Waals surface area contributed by atoms with Crippen molar-refractivity contribution in [1.82, 2.24) is 4.98 Å². The van der Waals surface area contributed by atoms with Crippen LogP contribution in [0, 0.1) is 0 Å². The van der Waals surface area contributed by atoms with Gasteiger partial charge in [-0.3, -0.25) is 4.98 Å². The maximum absolute atomic E-state index is 5.05. The average molecular weight is 584 g/mol. The standard InChI is InChI=1S/C45H29N/c1-2-13-30(14-3-1)31-25-27-33(28-26-31)35-18-6-7-19-36(35)43-38-20-8-9-21-39(38)44(37-23-12-16-32-15-4-5-17-34(32)37)45-40-22-10-11-24-42(40)46-29-41(43)45/h1-29H. The van der Waals surface area contributed by atoms with Gasteiger partial charge in [0.05, 0.1) is 5.52 Å². The average Bonchev–Trinajstić information content (AvgIpc) is 3.14. The van der Waals surface area contributed by atoms with Crippen molar-refractivity contribution in [1.29, 1.82) is 0 Å². The quantitative estimate of drug-likeness (QED) is 0.148. The van der Waals surface area contributed by atoms with Crippen molar-refractivity contribution in [3.8, 4) is 44.5 Å². The lowest BCUT2D eigenvalue weighted by molar-refractivity contribution is 1.45. The fraction of sp³-hybridized carbons (Fsp3) is 0. The Balaban J connectivity index is 1.39. The van der Waals surface area contributed by atoms with Crippen molar-refractivity contribution in [3.63, 3.8) is 0 Å². The number of para-hydroxylation sites is 1. The molecule has 0 bridgehead atoms. The number of rotatable bonds is 4. The van der Waals surface area contributed by atoms with Gasteiger partial charge in [-0.05, 0) is 72.1 Å². The Labute approximate surface area is 268 Å². The van der Waals surface area contributed by atoms with Crippen LogP contribution < -0.4 is 0 Å².